The summed E-state index contributed by atoms with van der Waals surface area (Å²) in [6.07, 6.45) is 0. The summed E-state index contributed by atoms with van der Waals surface area (Å²) in [7, 11) is -0.625. The van der Waals surface area contributed by atoms with E-state index in [1.807, 2.05) is 12.1 Å². The molecule has 5 nitrogen and oxygen atoms in total. The van der Waals surface area contributed by atoms with E-state index in [-0.39, 0.29) is 16.5 Å². The second-order valence-corrected chi connectivity index (χ2v) is 9.45. The monoisotopic (exact) mass is 425 g/mol. The molecule has 2 aromatic carbocycles. The fourth-order valence-electron chi connectivity index (χ4n) is 3.69. The molecule has 0 saturated heterocycles. The van der Waals surface area contributed by atoms with Gasteiger partial charge in [0.1, 0.15) is 5.75 Å². The molecule has 0 radical (unpaired) electrons. The van der Waals surface area contributed by atoms with Crippen LogP contribution in [0.2, 0.25) is 5.02 Å². The van der Waals surface area contributed by atoms with Crippen LogP contribution in [0.15, 0.2) is 53.4 Å². The summed E-state index contributed by atoms with van der Waals surface area (Å²) in [6, 6.07) is 13.4. The van der Waals surface area contributed by atoms with Crippen LogP contribution in [0, 0.1) is 5.41 Å². The van der Waals surface area contributed by atoms with Crippen LogP contribution in [0.3, 0.4) is 0 Å². The van der Waals surface area contributed by atoms with Crippen LogP contribution in [0.4, 0.5) is 0 Å². The van der Waals surface area contributed by atoms with E-state index in [0.29, 0.717) is 10.8 Å². The van der Waals surface area contributed by atoms with Gasteiger partial charge in [-0.05, 0) is 42.0 Å². The summed E-state index contributed by atoms with van der Waals surface area (Å²) >= 11 is 11.2. The topological polar surface area (TPSA) is 78.6 Å². The third-order valence-corrected chi connectivity index (χ3v) is 7.97. The van der Waals surface area contributed by atoms with Gasteiger partial charge >= 0.3 is 0 Å². The first-order chi connectivity index (χ1) is 12.8. The van der Waals surface area contributed by atoms with E-state index in [2.05, 4.69) is 0 Å². The highest BCUT2D eigenvalue weighted by atomic mass is 35.5. The molecule has 0 aliphatic heterocycles. The lowest BCUT2D eigenvalue weighted by molar-refractivity contribution is 0.166. The predicted octanol–water partition coefficient (Wildman–Crippen LogP) is 3.21. The van der Waals surface area contributed by atoms with Gasteiger partial charge in [-0.15, -0.1) is 0 Å². The second kappa shape index (κ2) is 7.39. The van der Waals surface area contributed by atoms with E-state index in [9.17, 15) is 8.42 Å². The van der Waals surface area contributed by atoms with Crippen LogP contribution in [-0.2, 0) is 14.6 Å². The second-order valence-electron chi connectivity index (χ2n) is 6.51. The molecule has 1 aliphatic rings. The van der Waals surface area contributed by atoms with Crippen molar-refractivity contribution in [1.82, 2.24) is 0 Å². The third kappa shape index (κ3) is 3.33. The van der Waals surface area contributed by atoms with Crippen molar-refractivity contribution in [2.45, 2.75) is 16.1 Å². The molecule has 27 heavy (non-hydrogen) atoms. The Balaban J connectivity index is 2.09. The number of benzene rings is 2. The van der Waals surface area contributed by atoms with Crippen LogP contribution < -0.4 is 10.5 Å². The lowest BCUT2D eigenvalue weighted by Crippen LogP contribution is -2.33. The number of hydrogen-bond acceptors (Lipinski definition) is 5. The van der Waals surface area contributed by atoms with Gasteiger partial charge in [0.25, 0.3) is 0 Å². The minimum absolute atomic E-state index is 0.122. The fourth-order valence-corrected chi connectivity index (χ4v) is 6.59. The molecule has 2 aromatic rings. The molecule has 3 atom stereocenters. The number of methoxy groups -OCH3 is 2. The molecule has 1 aliphatic carbocycles. The van der Waals surface area contributed by atoms with Gasteiger partial charge in [0, 0.05) is 18.1 Å². The summed E-state index contributed by atoms with van der Waals surface area (Å²) in [4.78, 5) is 0.317. The number of nitrogens with two attached hydrogens (primary N) is 1. The van der Waals surface area contributed by atoms with Gasteiger partial charge in [-0.2, -0.15) is 0 Å². The summed E-state index contributed by atoms with van der Waals surface area (Å²) < 4.78 is 37.3. The van der Waals surface area contributed by atoms with Crippen LogP contribution in [0.5, 0.6) is 5.75 Å². The Morgan fingerprint density at radius 1 is 1.15 bits per heavy atom. The van der Waals surface area contributed by atoms with E-state index < -0.39 is 26.4 Å². The van der Waals surface area contributed by atoms with Crippen molar-refractivity contribution in [3.63, 3.8) is 0 Å². The van der Waals surface area contributed by atoms with Crippen molar-refractivity contribution in [1.29, 1.82) is 0 Å². The lowest BCUT2D eigenvalue weighted by Gasteiger charge is -2.16. The highest BCUT2D eigenvalue weighted by molar-refractivity contribution is 7.92. The van der Waals surface area contributed by atoms with Crippen LogP contribution in [0.1, 0.15) is 11.5 Å². The quantitative estimate of drug-likeness (QED) is 0.686. The number of sulfone groups is 1. The van der Waals surface area contributed by atoms with E-state index >= 15 is 0 Å². The number of ether oxygens (including phenoxy) is 2. The van der Waals surface area contributed by atoms with E-state index in [4.69, 9.17) is 39.0 Å². The molecule has 1 saturated carbocycles. The molecule has 3 rings (SSSR count). The molecular formula is C19H20ClNO4S2. The number of thiocarbonyl (C=S) groups is 1. The number of rotatable bonds is 7. The first-order valence-electron chi connectivity index (χ1n) is 8.21. The van der Waals surface area contributed by atoms with E-state index in [1.165, 1.54) is 19.2 Å². The first-order valence-corrected chi connectivity index (χ1v) is 10.5. The summed E-state index contributed by atoms with van der Waals surface area (Å²) in [5, 5.41) is -0.342. The molecule has 0 heterocycles. The molecule has 0 spiro atoms. The number of hydrogen-bond donors (Lipinski definition) is 1. The summed E-state index contributed by atoms with van der Waals surface area (Å²) in [5.74, 6) is 0.283. The summed E-state index contributed by atoms with van der Waals surface area (Å²) in [5.41, 5.74) is 5.89. The van der Waals surface area contributed by atoms with Crippen LogP contribution in [0.25, 0.3) is 0 Å². The molecule has 0 aromatic heterocycles. The van der Waals surface area contributed by atoms with Crippen molar-refractivity contribution in [2.75, 3.05) is 20.8 Å². The zero-order valence-corrected chi connectivity index (χ0v) is 17.3. The van der Waals surface area contributed by atoms with Gasteiger partial charge in [-0.25, -0.2) is 8.42 Å². The molecule has 2 N–H and O–H groups in total. The van der Waals surface area contributed by atoms with Gasteiger partial charge in [-0.3, -0.25) is 0 Å². The molecule has 1 fully saturated rings. The third-order valence-electron chi connectivity index (χ3n) is 5.05. The Morgan fingerprint density at radius 2 is 1.74 bits per heavy atom. The van der Waals surface area contributed by atoms with Gasteiger partial charge in [0.15, 0.2) is 9.84 Å². The van der Waals surface area contributed by atoms with E-state index in [0.717, 1.165) is 5.56 Å². The number of halogens is 1. The largest absolute Gasteiger partial charge is 0.497 e. The van der Waals surface area contributed by atoms with Crippen molar-refractivity contribution in [3.05, 3.63) is 59.1 Å². The molecular weight excluding hydrogens is 406 g/mol. The van der Waals surface area contributed by atoms with E-state index in [1.54, 1.807) is 31.4 Å². The van der Waals surface area contributed by atoms with Gasteiger partial charge in [-0.1, -0.05) is 36.0 Å². The zero-order valence-electron chi connectivity index (χ0n) is 14.9. The maximum atomic E-state index is 13.4. The summed E-state index contributed by atoms with van der Waals surface area (Å²) in [6.45, 7) is 0.122. The molecule has 0 unspecified atom stereocenters. The fraction of sp³-hybridized carbons (Fsp3) is 0.316. The maximum absolute atomic E-state index is 13.4. The average Bonchev–Trinajstić information content (AvgIpc) is 3.33. The molecule has 144 valence electrons. The Labute approximate surface area is 169 Å². The average molecular weight is 426 g/mol. The standard InChI is InChI=1S/C19H20ClNO4S2/c1-24-11-19(18(21)26)16(12-3-7-14(25-2)8-4-12)17(19)27(22,23)15-9-5-13(20)6-10-15/h3-10,16-17H,11H2,1-2H3,(H2,21,26)/t16-,17+,19-/m0/s1. The lowest BCUT2D eigenvalue weighted by atomic mass is 10.00. The zero-order chi connectivity index (χ0) is 19.8. The minimum Gasteiger partial charge on any atom is -0.497 e. The molecule has 0 bridgehead atoms. The Bertz CT molecular complexity index is 945. The maximum Gasteiger partial charge on any atom is 0.182 e. The first kappa shape index (κ1) is 20.1. The van der Waals surface area contributed by atoms with Crippen LogP contribution >= 0.6 is 23.8 Å². The Hall–Kier alpha value is -1.67. The molecule has 0 amide bonds. The van der Waals surface area contributed by atoms with Gasteiger partial charge in [0.2, 0.25) is 0 Å². The van der Waals surface area contributed by atoms with Gasteiger partial charge < -0.3 is 15.2 Å². The van der Waals surface area contributed by atoms with Crippen molar-refractivity contribution in [3.8, 4) is 5.75 Å². The Morgan fingerprint density at radius 3 is 2.22 bits per heavy atom. The van der Waals surface area contributed by atoms with Gasteiger partial charge in [0.05, 0.1) is 34.3 Å². The smallest absolute Gasteiger partial charge is 0.182 e. The van der Waals surface area contributed by atoms with Crippen molar-refractivity contribution >= 4 is 38.6 Å². The predicted molar refractivity (Wildman–Crippen MR) is 109 cm³/mol. The molecule has 8 heteroatoms. The van der Waals surface area contributed by atoms with Crippen LogP contribution in [-0.4, -0.2) is 39.5 Å². The highest BCUT2D eigenvalue weighted by Crippen LogP contribution is 2.64. The SMILES string of the molecule is COC[C@@]1(C(N)=S)[C@H](S(=O)(=O)c2ccc(Cl)cc2)[C@@H]1c1ccc(OC)cc1. The Kier molecular flexibility index (Phi) is 5.49. The minimum atomic E-state index is -3.71. The van der Waals surface area contributed by atoms with Crippen molar-refractivity contribution < 1.29 is 17.9 Å². The van der Waals surface area contributed by atoms with Crippen molar-refractivity contribution in [2.24, 2.45) is 11.1 Å². The normalized spacial score (nSPS) is 24.4. The highest BCUT2D eigenvalue weighted by Gasteiger charge is 2.73.